The van der Waals surface area contributed by atoms with Crippen LogP contribution >= 0.6 is 0 Å². The minimum Gasteiger partial charge on any atom is -0.375 e. The molecule has 6 atom stereocenters. The maximum absolute atomic E-state index is 15.4. The van der Waals surface area contributed by atoms with E-state index in [1.807, 2.05) is 48.6 Å². The number of ether oxygens (including phenoxy) is 2. The first kappa shape index (κ1) is 42.8. The van der Waals surface area contributed by atoms with Gasteiger partial charge in [0.2, 0.25) is 22.9 Å². The summed E-state index contributed by atoms with van der Waals surface area (Å²) in [6.07, 6.45) is 15.5. The minimum absolute atomic E-state index is 0.218. The van der Waals surface area contributed by atoms with Gasteiger partial charge in [-0.3, -0.25) is 19.4 Å². The van der Waals surface area contributed by atoms with E-state index in [0.717, 1.165) is 22.3 Å². The molecule has 0 aromatic heterocycles. The van der Waals surface area contributed by atoms with Crippen LogP contribution in [-0.2, 0) is 28.7 Å². The first-order chi connectivity index (χ1) is 29.3. The Balaban J connectivity index is 1.25. The van der Waals surface area contributed by atoms with E-state index in [-0.39, 0.29) is 13.1 Å². The first-order valence-electron chi connectivity index (χ1n) is 21.2. The predicted molar refractivity (Wildman–Crippen MR) is 226 cm³/mol. The maximum atomic E-state index is 15.4. The standard InChI is InChI=1S/C46H54FN7O8/c1-43(2,35-25-12-13-26(35)15-14-25)45(37(48)55,39(57)61-41(50)59)52-22-6-10-31(52)33-20-21-34(54(33)30-9-5-8-29(47)24-30)32-11-7-23-53(32)46(38(49)56,40(58)62-42(51)60)44(3,4)36-27-16-17-28(36)19-18-27/h5,8-9,12-19,24,31-36H,6-7,10-11,20-23H2,1-4H3,(H2,48,55)(H2,49,56)(H2,50,59)(H2,51,60)/t31?,32?,33-,34?,45-,46-/m0/s1. The number of halogens is 1. The summed E-state index contributed by atoms with van der Waals surface area (Å²) in [5.41, 5.74) is 20.7. The molecule has 4 amide bonds. The number of nitrogens with zero attached hydrogens (tertiary/aromatic N) is 3. The number of hydrogen-bond acceptors (Lipinski definition) is 11. The molecule has 8 N–H and O–H groups in total. The summed E-state index contributed by atoms with van der Waals surface area (Å²) in [5.74, 6) is -5.81. The van der Waals surface area contributed by atoms with Gasteiger partial charge in [0.25, 0.3) is 0 Å². The Morgan fingerprint density at radius 3 is 1.31 bits per heavy atom. The zero-order chi connectivity index (χ0) is 44.7. The topological polar surface area (TPSA) is 235 Å². The fourth-order valence-corrected chi connectivity index (χ4v) is 13.0. The van der Waals surface area contributed by atoms with E-state index in [9.17, 15) is 28.8 Å². The molecule has 0 spiro atoms. The first-order valence-corrected chi connectivity index (χ1v) is 21.2. The van der Waals surface area contributed by atoms with Crippen molar-refractivity contribution in [2.45, 2.75) is 101 Å². The molecule has 3 heterocycles. The quantitative estimate of drug-likeness (QED) is 0.164. The molecule has 3 aliphatic heterocycles. The van der Waals surface area contributed by atoms with Gasteiger partial charge in [-0.25, -0.2) is 23.6 Å². The van der Waals surface area contributed by atoms with Gasteiger partial charge in [0.1, 0.15) is 5.82 Å². The maximum Gasteiger partial charge on any atom is 0.412 e. The Morgan fingerprint density at radius 2 is 0.984 bits per heavy atom. The van der Waals surface area contributed by atoms with Gasteiger partial charge in [0, 0.05) is 65.6 Å². The summed E-state index contributed by atoms with van der Waals surface area (Å²) in [4.78, 5) is 88.4. The smallest absolute Gasteiger partial charge is 0.375 e. The molecule has 7 aliphatic rings. The summed E-state index contributed by atoms with van der Waals surface area (Å²) in [5, 5.41) is 0. The number of benzene rings is 1. The number of nitrogens with two attached hydrogens (primary N) is 4. The van der Waals surface area contributed by atoms with Crippen LogP contribution in [0.4, 0.5) is 19.7 Å². The van der Waals surface area contributed by atoms with Gasteiger partial charge in [-0.1, -0.05) is 82.4 Å². The van der Waals surface area contributed by atoms with Crippen LogP contribution < -0.4 is 27.8 Å². The van der Waals surface area contributed by atoms with Gasteiger partial charge in [-0.15, -0.1) is 0 Å². The molecule has 1 aromatic rings. The van der Waals surface area contributed by atoms with Crippen LogP contribution in [0.15, 0.2) is 95.2 Å². The number of carbonyl (C=O) groups excluding carboxylic acids is 6. The van der Waals surface area contributed by atoms with Gasteiger partial charge in [0.15, 0.2) is 0 Å². The SMILES string of the molecule is CC(C)(C1C2=CC=C1C=C2)[C@](C(N)=O)(C(=O)OC(N)=O)N1CCCC1C1CC[C@@H](C2CCCN2[C@@](C(N)=O)(C(=O)OC(N)=O)C(C)(C)C2C3=CC=C2C=C3)N1c1cccc(F)c1. The summed E-state index contributed by atoms with van der Waals surface area (Å²) in [6, 6.07) is 3.87. The van der Waals surface area contributed by atoms with Crippen molar-refractivity contribution in [1.29, 1.82) is 0 Å². The molecular weight excluding hydrogens is 798 g/mol. The zero-order valence-electron chi connectivity index (χ0n) is 35.3. The van der Waals surface area contributed by atoms with Gasteiger partial charge >= 0.3 is 24.1 Å². The number of likely N-dealkylation sites (tertiary alicyclic amines) is 2. The van der Waals surface area contributed by atoms with Crippen LogP contribution in [0.25, 0.3) is 0 Å². The fourth-order valence-electron chi connectivity index (χ4n) is 13.0. The number of hydrogen-bond donors (Lipinski definition) is 4. The van der Waals surface area contributed by atoms with Crippen molar-refractivity contribution in [3.05, 3.63) is 101 Å². The van der Waals surface area contributed by atoms with Crippen LogP contribution in [-0.4, -0.2) is 94.1 Å². The second-order valence-electron chi connectivity index (χ2n) is 18.6. The van der Waals surface area contributed by atoms with Gasteiger partial charge in [0.05, 0.1) is 0 Å². The number of carbonyl (C=O) groups is 6. The normalized spacial score (nSPS) is 26.8. The Labute approximate surface area is 359 Å². The van der Waals surface area contributed by atoms with E-state index in [1.165, 1.54) is 12.1 Å². The van der Waals surface area contributed by atoms with Crippen molar-refractivity contribution in [2.75, 3.05) is 18.0 Å². The van der Waals surface area contributed by atoms with E-state index in [4.69, 9.17) is 32.4 Å². The number of fused-ring (bicyclic) bond motifs is 4. The summed E-state index contributed by atoms with van der Waals surface area (Å²) in [6.45, 7) is 7.52. The molecule has 62 heavy (non-hydrogen) atoms. The lowest BCUT2D eigenvalue weighted by Gasteiger charge is -2.54. The van der Waals surface area contributed by atoms with Gasteiger partial charge in [-0.05, 0) is 79.0 Å². The number of esters is 2. The van der Waals surface area contributed by atoms with Crippen molar-refractivity contribution < 1.29 is 42.6 Å². The third kappa shape index (κ3) is 6.03. The molecule has 15 nitrogen and oxygen atoms in total. The highest BCUT2D eigenvalue weighted by molar-refractivity contribution is 6.11. The summed E-state index contributed by atoms with van der Waals surface area (Å²) >= 11 is 0. The highest BCUT2D eigenvalue weighted by Crippen LogP contribution is 2.58. The van der Waals surface area contributed by atoms with E-state index in [2.05, 4.69) is 4.90 Å². The molecule has 1 aromatic carbocycles. The fraction of sp³-hybridized carbons (Fsp3) is 0.478. The molecule has 3 fully saturated rings. The Kier molecular flexibility index (Phi) is 10.5. The largest absolute Gasteiger partial charge is 0.412 e. The number of amides is 4. The number of allylic oxidation sites excluding steroid dienone is 12. The van der Waals surface area contributed by atoms with Crippen LogP contribution in [0.1, 0.15) is 66.2 Å². The summed E-state index contributed by atoms with van der Waals surface area (Å²) in [7, 11) is 0. The zero-order valence-corrected chi connectivity index (χ0v) is 35.3. The van der Waals surface area contributed by atoms with Crippen LogP contribution in [0, 0.1) is 28.5 Å². The third-order valence-electron chi connectivity index (χ3n) is 15.1. The third-order valence-corrected chi connectivity index (χ3v) is 15.1. The van der Waals surface area contributed by atoms with Crippen molar-refractivity contribution in [2.24, 2.45) is 45.6 Å². The molecule has 0 radical (unpaired) electrons. The van der Waals surface area contributed by atoms with Crippen molar-refractivity contribution >= 4 is 41.6 Å². The minimum atomic E-state index is -2.23. The van der Waals surface area contributed by atoms with E-state index < -0.39 is 99.7 Å². The van der Waals surface area contributed by atoms with E-state index in [0.29, 0.717) is 44.2 Å². The van der Waals surface area contributed by atoms with Crippen LogP contribution in [0.3, 0.4) is 0 Å². The highest BCUT2D eigenvalue weighted by atomic mass is 19.1. The molecule has 3 saturated heterocycles. The molecular formula is C46H54FN7O8. The average molecular weight is 852 g/mol. The summed E-state index contributed by atoms with van der Waals surface area (Å²) < 4.78 is 25.8. The molecule has 8 rings (SSSR count). The molecule has 16 heteroatoms. The average Bonchev–Trinajstić information content (AvgIpc) is 4.06. The number of rotatable bonds is 13. The van der Waals surface area contributed by atoms with Crippen LogP contribution in [0.5, 0.6) is 0 Å². The molecule has 0 saturated carbocycles. The lowest BCUT2D eigenvalue weighted by Crippen LogP contribution is -2.75. The lowest BCUT2D eigenvalue weighted by molar-refractivity contribution is -0.172. The van der Waals surface area contributed by atoms with E-state index in [1.54, 1.807) is 49.6 Å². The Hall–Kier alpha value is -5.87. The van der Waals surface area contributed by atoms with Crippen LogP contribution in [0.2, 0.25) is 0 Å². The number of primary amides is 4. The lowest BCUT2D eigenvalue weighted by atomic mass is 9.60. The van der Waals surface area contributed by atoms with Crippen molar-refractivity contribution in [3.8, 4) is 0 Å². The van der Waals surface area contributed by atoms with Gasteiger partial charge < -0.3 is 37.3 Å². The molecule has 3 unspecified atom stereocenters. The van der Waals surface area contributed by atoms with Crippen molar-refractivity contribution in [1.82, 2.24) is 9.80 Å². The monoisotopic (exact) mass is 851 g/mol. The number of anilines is 1. The van der Waals surface area contributed by atoms with Gasteiger partial charge in [-0.2, -0.15) is 0 Å². The molecule has 328 valence electrons. The second kappa shape index (κ2) is 15.2. The molecule has 4 aliphatic carbocycles. The Morgan fingerprint density at radius 1 is 0.597 bits per heavy atom. The second-order valence-corrected chi connectivity index (χ2v) is 18.6. The highest BCUT2D eigenvalue weighted by Gasteiger charge is 2.70. The van der Waals surface area contributed by atoms with E-state index >= 15 is 4.39 Å². The molecule has 4 bridgehead atoms. The Bertz CT molecular complexity index is 2170. The van der Waals surface area contributed by atoms with Crippen molar-refractivity contribution in [3.63, 3.8) is 0 Å². The predicted octanol–water partition coefficient (Wildman–Crippen LogP) is 3.94.